The first-order chi connectivity index (χ1) is 13.3. The number of carbonyl (C=O) groups excluding carboxylic acids is 3. The number of amides is 1. The molecule has 2 aromatic rings. The highest BCUT2D eigenvalue weighted by atomic mass is 16.5. The lowest BCUT2D eigenvalue weighted by molar-refractivity contribution is -0.128. The van der Waals surface area contributed by atoms with E-state index in [1.807, 2.05) is 49.9 Å². The van der Waals surface area contributed by atoms with E-state index in [1.165, 1.54) is 0 Å². The van der Waals surface area contributed by atoms with Crippen LogP contribution in [0.15, 0.2) is 36.4 Å². The summed E-state index contributed by atoms with van der Waals surface area (Å²) in [4.78, 5) is 38.2. The Bertz CT molecular complexity index is 915. The van der Waals surface area contributed by atoms with Crippen molar-refractivity contribution in [2.75, 3.05) is 13.2 Å². The number of ketones is 1. The van der Waals surface area contributed by atoms with Gasteiger partial charge in [0.15, 0.2) is 6.61 Å². The molecule has 0 aliphatic carbocycles. The van der Waals surface area contributed by atoms with E-state index in [2.05, 4.69) is 0 Å². The summed E-state index contributed by atoms with van der Waals surface area (Å²) < 4.78 is 5.21. The molecule has 5 nitrogen and oxygen atoms in total. The highest BCUT2D eigenvalue weighted by molar-refractivity contribution is 6.00. The Labute approximate surface area is 165 Å². The summed E-state index contributed by atoms with van der Waals surface area (Å²) in [7, 11) is 0. The molecule has 1 heterocycles. The molecule has 0 bridgehead atoms. The van der Waals surface area contributed by atoms with Crippen molar-refractivity contribution in [3.63, 3.8) is 0 Å². The highest BCUT2D eigenvalue weighted by Gasteiger charge is 2.20. The lowest BCUT2D eigenvalue weighted by Gasteiger charge is -2.15. The standard InChI is InChI=1S/C23H25NO4/c1-15-11-17(3)20(12-16(15)2)21(25)14-28-23(27)19-8-6-18(7-9-19)13-24-10-4-5-22(24)26/h6-9,11-12H,4-5,10,13-14H2,1-3H3. The molecule has 0 atom stereocenters. The van der Waals surface area contributed by atoms with Gasteiger partial charge in [-0.2, -0.15) is 0 Å². The summed E-state index contributed by atoms with van der Waals surface area (Å²) in [6.07, 6.45) is 1.51. The largest absolute Gasteiger partial charge is 0.454 e. The smallest absolute Gasteiger partial charge is 0.338 e. The average Bonchev–Trinajstić information content (AvgIpc) is 3.07. The van der Waals surface area contributed by atoms with Crippen LogP contribution in [0.5, 0.6) is 0 Å². The molecule has 0 unspecified atom stereocenters. The third-order valence-electron chi connectivity index (χ3n) is 5.21. The molecular formula is C23H25NO4. The van der Waals surface area contributed by atoms with Crippen molar-refractivity contribution in [3.05, 3.63) is 69.8 Å². The Hall–Kier alpha value is -2.95. The molecule has 146 valence electrons. The summed E-state index contributed by atoms with van der Waals surface area (Å²) in [5.41, 5.74) is 4.98. The Balaban J connectivity index is 1.58. The van der Waals surface area contributed by atoms with Crippen molar-refractivity contribution < 1.29 is 19.1 Å². The van der Waals surface area contributed by atoms with E-state index in [4.69, 9.17) is 4.74 Å². The van der Waals surface area contributed by atoms with Gasteiger partial charge in [-0.1, -0.05) is 18.2 Å². The molecule has 3 rings (SSSR count). The van der Waals surface area contributed by atoms with Gasteiger partial charge >= 0.3 is 5.97 Å². The molecule has 1 amide bonds. The Morgan fingerprint density at radius 1 is 1.00 bits per heavy atom. The molecule has 0 aromatic heterocycles. The van der Waals surface area contributed by atoms with Crippen molar-refractivity contribution in [3.8, 4) is 0 Å². The quantitative estimate of drug-likeness (QED) is 0.566. The first-order valence-corrected chi connectivity index (χ1v) is 9.50. The maximum Gasteiger partial charge on any atom is 0.338 e. The maximum atomic E-state index is 12.4. The number of esters is 1. The lowest BCUT2D eigenvalue weighted by Crippen LogP contribution is -2.23. The topological polar surface area (TPSA) is 63.7 Å². The van der Waals surface area contributed by atoms with Crippen LogP contribution in [0.1, 0.15) is 55.8 Å². The second-order valence-corrected chi connectivity index (χ2v) is 7.37. The number of hydrogen-bond donors (Lipinski definition) is 0. The molecular weight excluding hydrogens is 354 g/mol. The van der Waals surface area contributed by atoms with Gasteiger partial charge in [-0.15, -0.1) is 0 Å². The molecule has 1 fully saturated rings. The number of ether oxygens (including phenoxy) is 1. The highest BCUT2D eigenvalue weighted by Crippen LogP contribution is 2.17. The van der Waals surface area contributed by atoms with E-state index in [0.29, 0.717) is 24.1 Å². The van der Waals surface area contributed by atoms with Gasteiger partial charge in [-0.05, 0) is 67.6 Å². The van der Waals surface area contributed by atoms with E-state index < -0.39 is 5.97 Å². The van der Waals surface area contributed by atoms with Crippen molar-refractivity contribution in [1.82, 2.24) is 4.90 Å². The molecule has 1 saturated heterocycles. The number of likely N-dealkylation sites (tertiary alicyclic amines) is 1. The van der Waals surface area contributed by atoms with E-state index >= 15 is 0 Å². The van der Waals surface area contributed by atoms with E-state index in [1.54, 1.807) is 12.1 Å². The van der Waals surface area contributed by atoms with Crippen LogP contribution in [-0.4, -0.2) is 35.7 Å². The fraction of sp³-hybridized carbons (Fsp3) is 0.348. The number of carbonyl (C=O) groups is 3. The molecule has 1 aliphatic heterocycles. The summed E-state index contributed by atoms with van der Waals surface area (Å²) >= 11 is 0. The van der Waals surface area contributed by atoms with Crippen LogP contribution < -0.4 is 0 Å². The number of benzene rings is 2. The van der Waals surface area contributed by atoms with Crippen LogP contribution in [0.3, 0.4) is 0 Å². The Morgan fingerprint density at radius 3 is 2.32 bits per heavy atom. The monoisotopic (exact) mass is 379 g/mol. The molecule has 0 N–H and O–H groups in total. The molecule has 0 spiro atoms. The normalized spacial score (nSPS) is 13.7. The fourth-order valence-electron chi connectivity index (χ4n) is 3.39. The van der Waals surface area contributed by atoms with E-state index in [-0.39, 0.29) is 18.3 Å². The predicted octanol–water partition coefficient (Wildman–Crippen LogP) is 3.77. The van der Waals surface area contributed by atoms with Crippen molar-refractivity contribution >= 4 is 17.7 Å². The van der Waals surface area contributed by atoms with Crippen LogP contribution in [0, 0.1) is 20.8 Å². The van der Waals surface area contributed by atoms with Gasteiger partial charge in [-0.25, -0.2) is 4.79 Å². The van der Waals surface area contributed by atoms with Gasteiger partial charge in [0.2, 0.25) is 11.7 Å². The minimum atomic E-state index is -0.529. The third kappa shape index (κ3) is 4.47. The van der Waals surface area contributed by atoms with Crippen LogP contribution >= 0.6 is 0 Å². The van der Waals surface area contributed by atoms with Crippen molar-refractivity contribution in [2.45, 2.75) is 40.2 Å². The molecule has 5 heteroatoms. The SMILES string of the molecule is Cc1cc(C)c(C(=O)COC(=O)c2ccc(CN3CCCC3=O)cc2)cc1C. The Kier molecular flexibility index (Phi) is 5.93. The lowest BCUT2D eigenvalue weighted by atomic mass is 9.98. The number of hydrogen-bond acceptors (Lipinski definition) is 4. The van der Waals surface area contributed by atoms with Gasteiger partial charge in [0.05, 0.1) is 5.56 Å². The van der Waals surface area contributed by atoms with Crippen LogP contribution in [-0.2, 0) is 16.1 Å². The van der Waals surface area contributed by atoms with Crippen LogP contribution in [0.2, 0.25) is 0 Å². The summed E-state index contributed by atoms with van der Waals surface area (Å²) in [6, 6.07) is 10.8. The summed E-state index contributed by atoms with van der Waals surface area (Å²) in [5, 5.41) is 0. The minimum absolute atomic E-state index is 0.170. The number of nitrogens with zero attached hydrogens (tertiary/aromatic N) is 1. The third-order valence-corrected chi connectivity index (χ3v) is 5.21. The predicted molar refractivity (Wildman–Crippen MR) is 106 cm³/mol. The van der Waals surface area contributed by atoms with E-state index in [9.17, 15) is 14.4 Å². The average molecular weight is 379 g/mol. The zero-order valence-corrected chi connectivity index (χ0v) is 16.6. The number of rotatable bonds is 6. The van der Waals surface area contributed by atoms with Crippen LogP contribution in [0.4, 0.5) is 0 Å². The van der Waals surface area contributed by atoms with Gasteiger partial charge in [0, 0.05) is 25.1 Å². The van der Waals surface area contributed by atoms with Crippen molar-refractivity contribution in [1.29, 1.82) is 0 Å². The van der Waals surface area contributed by atoms with Gasteiger partial charge in [0.1, 0.15) is 0 Å². The fourth-order valence-corrected chi connectivity index (χ4v) is 3.39. The zero-order valence-electron chi connectivity index (χ0n) is 16.6. The molecule has 0 radical (unpaired) electrons. The molecule has 28 heavy (non-hydrogen) atoms. The maximum absolute atomic E-state index is 12.4. The second kappa shape index (κ2) is 8.38. The molecule has 1 aliphatic rings. The summed E-state index contributed by atoms with van der Waals surface area (Å²) in [5.74, 6) is -0.569. The molecule has 0 saturated carbocycles. The number of Topliss-reactive ketones (excluding diaryl/α,β-unsaturated/α-hetero) is 1. The minimum Gasteiger partial charge on any atom is -0.454 e. The van der Waals surface area contributed by atoms with Gasteiger partial charge in [0.25, 0.3) is 0 Å². The van der Waals surface area contributed by atoms with Crippen molar-refractivity contribution in [2.24, 2.45) is 0 Å². The first-order valence-electron chi connectivity index (χ1n) is 9.50. The van der Waals surface area contributed by atoms with Crippen LogP contribution in [0.25, 0.3) is 0 Å². The molecule has 2 aromatic carbocycles. The van der Waals surface area contributed by atoms with Gasteiger partial charge in [-0.3, -0.25) is 9.59 Å². The van der Waals surface area contributed by atoms with Gasteiger partial charge < -0.3 is 9.64 Å². The van der Waals surface area contributed by atoms with E-state index in [0.717, 1.165) is 35.2 Å². The zero-order chi connectivity index (χ0) is 20.3. The Morgan fingerprint density at radius 2 is 1.68 bits per heavy atom. The number of aryl methyl sites for hydroxylation is 3. The second-order valence-electron chi connectivity index (χ2n) is 7.37. The summed E-state index contributed by atoms with van der Waals surface area (Å²) in [6.45, 7) is 6.88. The first kappa shape index (κ1) is 19.8.